The fourth-order valence-electron chi connectivity index (χ4n) is 2.13. The van der Waals surface area contributed by atoms with E-state index in [9.17, 15) is 4.79 Å². The minimum absolute atomic E-state index is 0.00981. The molecule has 4 nitrogen and oxygen atoms in total. The topological polar surface area (TPSA) is 50.4 Å². The molecule has 0 unspecified atom stereocenters. The molecule has 0 aromatic heterocycles. The number of aryl methyl sites for hydroxylation is 1. The molecule has 0 bridgehead atoms. The number of amides is 1. The second-order valence-corrected chi connectivity index (χ2v) is 5.15. The van der Waals surface area contributed by atoms with Gasteiger partial charge in [-0.3, -0.25) is 4.79 Å². The highest BCUT2D eigenvalue weighted by atomic mass is 16.5. The molecule has 0 aliphatic heterocycles. The highest BCUT2D eigenvalue weighted by Gasteiger charge is 2.02. The van der Waals surface area contributed by atoms with Gasteiger partial charge < -0.3 is 15.4 Å². The van der Waals surface area contributed by atoms with Crippen LogP contribution in [0, 0.1) is 6.92 Å². The van der Waals surface area contributed by atoms with E-state index in [-0.39, 0.29) is 5.91 Å². The van der Waals surface area contributed by atoms with Gasteiger partial charge in [-0.1, -0.05) is 36.4 Å². The fourth-order valence-corrected chi connectivity index (χ4v) is 2.13. The van der Waals surface area contributed by atoms with Crippen LogP contribution in [0.2, 0.25) is 0 Å². The molecule has 2 rings (SSSR count). The molecule has 0 fully saturated rings. The zero-order valence-electron chi connectivity index (χ0n) is 13.1. The first-order valence-electron chi connectivity index (χ1n) is 7.34. The maximum Gasteiger partial charge on any atom is 0.234 e. The Labute approximate surface area is 131 Å². The molecular formula is C18H22N2O2. The van der Waals surface area contributed by atoms with Crippen LogP contribution < -0.4 is 15.4 Å². The summed E-state index contributed by atoms with van der Waals surface area (Å²) in [6.45, 7) is 3.60. The van der Waals surface area contributed by atoms with Crippen molar-refractivity contribution in [3.8, 4) is 5.75 Å². The van der Waals surface area contributed by atoms with E-state index in [0.29, 0.717) is 19.6 Å². The van der Waals surface area contributed by atoms with E-state index in [1.807, 2.05) is 36.4 Å². The van der Waals surface area contributed by atoms with Crippen molar-refractivity contribution in [3.63, 3.8) is 0 Å². The third-order valence-corrected chi connectivity index (χ3v) is 3.51. The molecule has 0 aliphatic carbocycles. The van der Waals surface area contributed by atoms with E-state index in [0.717, 1.165) is 11.3 Å². The number of nitrogens with one attached hydrogen (secondary N) is 2. The van der Waals surface area contributed by atoms with Gasteiger partial charge >= 0.3 is 0 Å². The third-order valence-electron chi connectivity index (χ3n) is 3.51. The summed E-state index contributed by atoms with van der Waals surface area (Å²) < 4.78 is 5.10. The van der Waals surface area contributed by atoms with Gasteiger partial charge in [-0.25, -0.2) is 0 Å². The Hall–Kier alpha value is -2.33. The van der Waals surface area contributed by atoms with Crippen molar-refractivity contribution in [1.29, 1.82) is 0 Å². The Morgan fingerprint density at radius 3 is 2.45 bits per heavy atom. The van der Waals surface area contributed by atoms with Gasteiger partial charge in [0.05, 0.1) is 13.7 Å². The lowest BCUT2D eigenvalue weighted by molar-refractivity contribution is -0.120. The summed E-state index contributed by atoms with van der Waals surface area (Å²) in [4.78, 5) is 11.8. The molecule has 0 saturated carbocycles. The lowest BCUT2D eigenvalue weighted by Crippen LogP contribution is -2.33. The van der Waals surface area contributed by atoms with Crippen molar-refractivity contribution in [2.24, 2.45) is 0 Å². The number of hydrogen-bond acceptors (Lipinski definition) is 3. The minimum Gasteiger partial charge on any atom is -0.497 e. The summed E-state index contributed by atoms with van der Waals surface area (Å²) in [5, 5.41) is 6.06. The van der Waals surface area contributed by atoms with E-state index < -0.39 is 0 Å². The molecule has 2 aromatic carbocycles. The minimum atomic E-state index is -0.00981. The molecule has 0 radical (unpaired) electrons. The van der Waals surface area contributed by atoms with Crippen molar-refractivity contribution in [2.45, 2.75) is 20.0 Å². The Morgan fingerprint density at radius 2 is 1.77 bits per heavy atom. The van der Waals surface area contributed by atoms with Gasteiger partial charge in [0.15, 0.2) is 0 Å². The molecule has 0 saturated heterocycles. The molecule has 22 heavy (non-hydrogen) atoms. The lowest BCUT2D eigenvalue weighted by Gasteiger charge is -2.09. The third kappa shape index (κ3) is 4.90. The Kier molecular flexibility index (Phi) is 5.98. The van der Waals surface area contributed by atoms with Crippen LogP contribution >= 0.6 is 0 Å². The second-order valence-electron chi connectivity index (χ2n) is 5.15. The molecule has 0 atom stereocenters. The predicted molar refractivity (Wildman–Crippen MR) is 87.7 cm³/mol. The summed E-state index contributed by atoms with van der Waals surface area (Å²) >= 11 is 0. The van der Waals surface area contributed by atoms with E-state index >= 15 is 0 Å². The van der Waals surface area contributed by atoms with Gasteiger partial charge in [0.1, 0.15) is 5.75 Å². The first-order valence-corrected chi connectivity index (χ1v) is 7.34. The van der Waals surface area contributed by atoms with E-state index in [4.69, 9.17) is 4.74 Å². The monoisotopic (exact) mass is 298 g/mol. The first kappa shape index (κ1) is 16.0. The summed E-state index contributed by atoms with van der Waals surface area (Å²) in [6.07, 6.45) is 0. The Morgan fingerprint density at radius 1 is 1.05 bits per heavy atom. The molecule has 0 heterocycles. The van der Waals surface area contributed by atoms with Gasteiger partial charge in [0.2, 0.25) is 5.91 Å². The molecule has 2 N–H and O–H groups in total. The fraction of sp³-hybridized carbons (Fsp3) is 0.278. The highest BCUT2D eigenvalue weighted by Crippen LogP contribution is 2.10. The number of rotatable bonds is 7. The van der Waals surface area contributed by atoms with Crippen LogP contribution in [0.15, 0.2) is 48.5 Å². The first-order chi connectivity index (χ1) is 10.7. The van der Waals surface area contributed by atoms with Crippen LogP contribution in [0.1, 0.15) is 16.7 Å². The molecule has 4 heteroatoms. The van der Waals surface area contributed by atoms with Crippen molar-refractivity contribution < 1.29 is 9.53 Å². The van der Waals surface area contributed by atoms with Gasteiger partial charge in [-0.15, -0.1) is 0 Å². The van der Waals surface area contributed by atoms with Crippen molar-refractivity contribution in [2.75, 3.05) is 13.7 Å². The van der Waals surface area contributed by atoms with Crippen molar-refractivity contribution >= 4 is 5.91 Å². The molecule has 1 amide bonds. The van der Waals surface area contributed by atoms with E-state index in [2.05, 4.69) is 29.7 Å². The van der Waals surface area contributed by atoms with Crippen LogP contribution in [0.25, 0.3) is 0 Å². The second kappa shape index (κ2) is 8.20. The van der Waals surface area contributed by atoms with E-state index in [1.165, 1.54) is 11.1 Å². The van der Waals surface area contributed by atoms with E-state index in [1.54, 1.807) is 7.11 Å². The van der Waals surface area contributed by atoms with Gasteiger partial charge in [-0.05, 0) is 35.7 Å². The molecular weight excluding hydrogens is 276 g/mol. The van der Waals surface area contributed by atoms with Crippen LogP contribution in [-0.2, 0) is 17.9 Å². The summed E-state index contributed by atoms with van der Waals surface area (Å²) in [5.41, 5.74) is 3.49. The normalized spacial score (nSPS) is 10.3. The smallest absolute Gasteiger partial charge is 0.234 e. The van der Waals surface area contributed by atoms with Gasteiger partial charge in [-0.2, -0.15) is 0 Å². The van der Waals surface area contributed by atoms with Crippen LogP contribution in [0.5, 0.6) is 5.75 Å². The number of hydrogen-bond donors (Lipinski definition) is 2. The maximum absolute atomic E-state index is 11.8. The standard InChI is InChI=1S/C18H22N2O2/c1-14-5-3-4-6-16(14)12-19-13-18(21)20-11-15-7-9-17(22-2)10-8-15/h3-10,19H,11-13H2,1-2H3,(H,20,21). The number of benzene rings is 2. The zero-order chi connectivity index (χ0) is 15.8. The Bertz CT molecular complexity index is 609. The largest absolute Gasteiger partial charge is 0.497 e. The Balaban J connectivity index is 1.70. The molecule has 0 spiro atoms. The number of carbonyl (C=O) groups is 1. The summed E-state index contributed by atoms with van der Waals surface area (Å²) in [7, 11) is 1.64. The lowest BCUT2D eigenvalue weighted by atomic mass is 10.1. The molecule has 0 aliphatic rings. The van der Waals surface area contributed by atoms with Crippen molar-refractivity contribution in [3.05, 3.63) is 65.2 Å². The summed E-state index contributed by atoms with van der Waals surface area (Å²) in [6, 6.07) is 15.8. The number of carbonyl (C=O) groups excluding carboxylic acids is 1. The zero-order valence-corrected chi connectivity index (χ0v) is 13.1. The van der Waals surface area contributed by atoms with Gasteiger partial charge in [0, 0.05) is 13.1 Å². The molecule has 2 aromatic rings. The number of methoxy groups -OCH3 is 1. The van der Waals surface area contributed by atoms with Crippen LogP contribution in [-0.4, -0.2) is 19.6 Å². The quantitative estimate of drug-likeness (QED) is 0.825. The number of ether oxygens (including phenoxy) is 1. The average Bonchev–Trinajstić information content (AvgIpc) is 2.55. The highest BCUT2D eigenvalue weighted by molar-refractivity contribution is 5.77. The SMILES string of the molecule is COc1ccc(CNC(=O)CNCc2ccccc2C)cc1. The van der Waals surface area contributed by atoms with Crippen molar-refractivity contribution in [1.82, 2.24) is 10.6 Å². The maximum atomic E-state index is 11.8. The van der Waals surface area contributed by atoms with Crippen LogP contribution in [0.4, 0.5) is 0 Å². The van der Waals surface area contributed by atoms with Gasteiger partial charge in [0.25, 0.3) is 0 Å². The molecule has 116 valence electrons. The predicted octanol–water partition coefficient (Wildman–Crippen LogP) is 2.41. The summed E-state index contributed by atoms with van der Waals surface area (Å²) in [5.74, 6) is 0.805. The average molecular weight is 298 g/mol. The van der Waals surface area contributed by atoms with Crippen LogP contribution in [0.3, 0.4) is 0 Å².